The third-order valence-electron chi connectivity index (χ3n) is 4.54. The van der Waals surface area contributed by atoms with Crippen molar-refractivity contribution in [3.05, 3.63) is 59.7 Å². The topological polar surface area (TPSA) is 55.3 Å². The third-order valence-corrected chi connectivity index (χ3v) is 4.54. The van der Waals surface area contributed by atoms with Crippen molar-refractivity contribution in [1.82, 2.24) is 14.9 Å². The van der Waals surface area contributed by atoms with E-state index in [0.717, 1.165) is 11.6 Å². The molecule has 35 heavy (non-hydrogen) atoms. The first-order chi connectivity index (χ1) is 16.0. The summed E-state index contributed by atoms with van der Waals surface area (Å²) in [6.45, 7) is 6.44. The molecule has 0 radical (unpaired) electrons. The Kier molecular flexibility index (Phi) is 8.91. The zero-order chi connectivity index (χ0) is 26.4. The summed E-state index contributed by atoms with van der Waals surface area (Å²) in [5.41, 5.74) is 0.464. The fraction of sp³-hybridized carbons (Fsp3) is 0.458. The van der Waals surface area contributed by atoms with Gasteiger partial charge in [0.1, 0.15) is 5.60 Å². The van der Waals surface area contributed by atoms with Crippen LogP contribution in [0, 0.1) is 0 Å². The SMILES string of the molecule is CC(C)(C)OC(=O)N1CC=C(c2nccc(C3=CC=CCC(C(F)(F)F)=C3)n2)CC1.CC(F)(F)F. The maximum absolute atomic E-state index is 13.2. The summed E-state index contributed by atoms with van der Waals surface area (Å²) in [5, 5.41) is 0. The Morgan fingerprint density at radius 2 is 1.74 bits per heavy atom. The normalized spacial score (nSPS) is 16.9. The van der Waals surface area contributed by atoms with E-state index in [-0.39, 0.29) is 19.4 Å². The molecule has 0 saturated heterocycles. The van der Waals surface area contributed by atoms with Crippen LogP contribution in [0.25, 0.3) is 11.1 Å². The maximum Gasteiger partial charge on any atom is 0.413 e. The summed E-state index contributed by atoms with van der Waals surface area (Å²) in [7, 11) is 0. The van der Waals surface area contributed by atoms with E-state index in [0.29, 0.717) is 36.6 Å². The zero-order valence-electron chi connectivity index (χ0n) is 19.8. The number of halogens is 6. The average molecular weight is 503 g/mol. The minimum absolute atomic E-state index is 0.174. The Balaban J connectivity index is 0.000000784. The highest BCUT2D eigenvalue weighted by atomic mass is 19.4. The summed E-state index contributed by atoms with van der Waals surface area (Å²) in [6, 6.07) is 1.59. The molecule has 1 aromatic rings. The molecule has 5 nitrogen and oxygen atoms in total. The number of amides is 1. The van der Waals surface area contributed by atoms with Gasteiger partial charge in [0.05, 0.1) is 5.69 Å². The second-order valence-corrected chi connectivity index (χ2v) is 8.87. The number of aromatic nitrogens is 2. The molecule has 1 aliphatic carbocycles. The standard InChI is InChI=1S/C22H24F3N3O2.C2H3F3/c1-21(2,3)30-20(29)28-12-9-15(10-13-28)19-26-11-8-18(27-19)16-6-4-5-7-17(14-16)22(23,24)25;1-2(3,4)5/h4-6,8-9,11,14H,7,10,12-13H2,1-3H3;1H3. The van der Waals surface area contributed by atoms with E-state index >= 15 is 0 Å². The summed E-state index contributed by atoms with van der Waals surface area (Å²) >= 11 is 0. The molecule has 192 valence electrons. The van der Waals surface area contributed by atoms with Crippen molar-refractivity contribution in [2.24, 2.45) is 0 Å². The van der Waals surface area contributed by atoms with Crippen molar-refractivity contribution in [2.45, 2.75) is 58.5 Å². The van der Waals surface area contributed by atoms with E-state index in [9.17, 15) is 31.1 Å². The molecular weight excluding hydrogens is 476 g/mol. The molecule has 1 aliphatic heterocycles. The van der Waals surface area contributed by atoms with Gasteiger partial charge < -0.3 is 9.64 Å². The van der Waals surface area contributed by atoms with Gasteiger partial charge in [-0.1, -0.05) is 24.3 Å². The zero-order valence-corrected chi connectivity index (χ0v) is 19.8. The number of carbonyl (C=O) groups excluding carboxylic acids is 1. The fourth-order valence-electron chi connectivity index (χ4n) is 3.06. The lowest BCUT2D eigenvalue weighted by atomic mass is 10.1. The Labute approximate surface area is 199 Å². The van der Waals surface area contributed by atoms with Crippen molar-refractivity contribution in [3.63, 3.8) is 0 Å². The number of nitrogens with zero attached hydrogens (tertiary/aromatic N) is 3. The molecule has 2 aliphatic rings. The molecule has 0 aromatic carbocycles. The smallest absolute Gasteiger partial charge is 0.413 e. The van der Waals surface area contributed by atoms with E-state index in [4.69, 9.17) is 4.74 Å². The van der Waals surface area contributed by atoms with Gasteiger partial charge in [-0.2, -0.15) is 26.3 Å². The van der Waals surface area contributed by atoms with Gasteiger partial charge in [0, 0.05) is 37.4 Å². The van der Waals surface area contributed by atoms with Crippen LogP contribution in [0.3, 0.4) is 0 Å². The molecule has 0 bridgehead atoms. The van der Waals surface area contributed by atoms with Gasteiger partial charge in [-0.25, -0.2) is 14.8 Å². The lowest BCUT2D eigenvalue weighted by molar-refractivity contribution is -0.110. The largest absolute Gasteiger partial charge is 0.444 e. The number of hydrogen-bond acceptors (Lipinski definition) is 4. The van der Waals surface area contributed by atoms with Crippen LogP contribution in [0.1, 0.15) is 52.1 Å². The molecule has 0 N–H and O–H groups in total. The Bertz CT molecular complexity index is 1020. The number of rotatable bonds is 2. The predicted molar refractivity (Wildman–Crippen MR) is 120 cm³/mol. The first-order valence-corrected chi connectivity index (χ1v) is 10.7. The average Bonchev–Trinajstić information content (AvgIpc) is 2.98. The Morgan fingerprint density at radius 3 is 2.29 bits per heavy atom. The molecule has 0 saturated carbocycles. The van der Waals surface area contributed by atoms with Crippen molar-refractivity contribution in [3.8, 4) is 0 Å². The van der Waals surface area contributed by atoms with Crippen LogP contribution >= 0.6 is 0 Å². The highest BCUT2D eigenvalue weighted by Gasteiger charge is 2.33. The number of carbonyl (C=O) groups is 1. The first kappa shape index (κ1) is 28.1. The number of hydrogen-bond donors (Lipinski definition) is 0. The van der Waals surface area contributed by atoms with Crippen molar-refractivity contribution < 1.29 is 35.9 Å². The first-order valence-electron chi connectivity index (χ1n) is 10.7. The van der Waals surface area contributed by atoms with Gasteiger partial charge in [0.15, 0.2) is 5.82 Å². The molecule has 0 fully saturated rings. The molecule has 0 atom stereocenters. The van der Waals surface area contributed by atoms with Crippen LogP contribution in [-0.2, 0) is 4.74 Å². The van der Waals surface area contributed by atoms with Crippen LogP contribution in [0.2, 0.25) is 0 Å². The third kappa shape index (κ3) is 9.96. The fourth-order valence-corrected chi connectivity index (χ4v) is 3.06. The number of ether oxygens (including phenoxy) is 1. The van der Waals surface area contributed by atoms with E-state index < -0.39 is 23.5 Å². The van der Waals surface area contributed by atoms with E-state index in [2.05, 4.69) is 9.97 Å². The quantitative estimate of drug-likeness (QED) is 0.412. The summed E-state index contributed by atoms with van der Waals surface area (Å²) in [4.78, 5) is 22.5. The van der Waals surface area contributed by atoms with Crippen LogP contribution < -0.4 is 0 Å². The highest BCUT2D eigenvalue weighted by Crippen LogP contribution is 2.33. The van der Waals surface area contributed by atoms with Crippen molar-refractivity contribution in [1.29, 1.82) is 0 Å². The van der Waals surface area contributed by atoms with E-state index in [1.54, 1.807) is 23.1 Å². The van der Waals surface area contributed by atoms with Crippen molar-refractivity contribution in [2.75, 3.05) is 13.1 Å². The van der Waals surface area contributed by atoms with Gasteiger partial charge >= 0.3 is 18.4 Å². The summed E-state index contributed by atoms with van der Waals surface area (Å²) in [6.07, 6.45) is 0.802. The number of alkyl halides is 6. The molecule has 0 spiro atoms. The lowest BCUT2D eigenvalue weighted by Gasteiger charge is -2.29. The molecule has 3 rings (SSSR count). The monoisotopic (exact) mass is 503 g/mol. The highest BCUT2D eigenvalue weighted by molar-refractivity contribution is 5.76. The molecular formula is C24H27F6N3O2. The predicted octanol–water partition coefficient (Wildman–Crippen LogP) is 6.90. The van der Waals surface area contributed by atoms with Gasteiger partial charge in [-0.15, -0.1) is 0 Å². The van der Waals surface area contributed by atoms with E-state index in [1.807, 2.05) is 26.8 Å². The van der Waals surface area contributed by atoms with Crippen LogP contribution in [0.5, 0.6) is 0 Å². The molecule has 11 heteroatoms. The van der Waals surface area contributed by atoms with Crippen LogP contribution in [0.15, 0.2) is 48.2 Å². The molecule has 1 aromatic heterocycles. The molecule has 1 amide bonds. The van der Waals surface area contributed by atoms with Gasteiger partial charge in [-0.05, 0) is 51.3 Å². The van der Waals surface area contributed by atoms with Crippen LogP contribution in [0.4, 0.5) is 31.1 Å². The second-order valence-electron chi connectivity index (χ2n) is 8.87. The van der Waals surface area contributed by atoms with Gasteiger partial charge in [-0.3, -0.25) is 0 Å². The van der Waals surface area contributed by atoms with Crippen LogP contribution in [-0.4, -0.2) is 52.0 Å². The van der Waals surface area contributed by atoms with Gasteiger partial charge in [0.25, 0.3) is 0 Å². The van der Waals surface area contributed by atoms with Gasteiger partial charge in [0.2, 0.25) is 0 Å². The van der Waals surface area contributed by atoms with E-state index in [1.165, 1.54) is 12.3 Å². The second kappa shape index (κ2) is 11.1. The maximum atomic E-state index is 13.2. The summed E-state index contributed by atoms with van der Waals surface area (Å²) in [5.74, 6) is 0.451. The minimum Gasteiger partial charge on any atom is -0.444 e. The van der Waals surface area contributed by atoms with Crippen molar-refractivity contribution >= 4 is 17.2 Å². The number of allylic oxidation sites excluding steroid dienone is 6. The molecule has 2 heterocycles. The summed E-state index contributed by atoms with van der Waals surface area (Å²) < 4.78 is 76.0. The lowest BCUT2D eigenvalue weighted by Crippen LogP contribution is -2.39. The minimum atomic E-state index is -4.39. The molecule has 0 unspecified atom stereocenters. The Morgan fingerprint density at radius 1 is 1.09 bits per heavy atom. The Hall–Kier alpha value is -3.11.